The summed E-state index contributed by atoms with van der Waals surface area (Å²) in [6.45, 7) is 1.27. The predicted octanol–water partition coefficient (Wildman–Crippen LogP) is 1.08. The molecule has 3 heterocycles. The largest absolute Gasteiger partial charge is 0.480 e. The van der Waals surface area contributed by atoms with Crippen LogP contribution >= 0.6 is 27.3 Å². The number of aromatic nitrogens is 3. The number of carbonyl (C=O) groups is 6. The van der Waals surface area contributed by atoms with Crippen LogP contribution in [-0.2, 0) is 45.2 Å². The Balaban J connectivity index is 1.11. The summed E-state index contributed by atoms with van der Waals surface area (Å²) in [5.74, 6) is -4.35. The van der Waals surface area contributed by atoms with Crippen molar-refractivity contribution >= 4 is 83.6 Å². The van der Waals surface area contributed by atoms with Crippen molar-refractivity contribution in [1.82, 2.24) is 44.8 Å². The summed E-state index contributed by atoms with van der Waals surface area (Å²) in [6, 6.07) is 13.5. The predicted molar refractivity (Wildman–Crippen MR) is 251 cm³/mol. The van der Waals surface area contributed by atoms with E-state index in [9.17, 15) is 52.5 Å². The number of carboxylic acid groups (broad SMARTS) is 3. The van der Waals surface area contributed by atoms with Gasteiger partial charge >= 0.3 is 17.9 Å². The summed E-state index contributed by atoms with van der Waals surface area (Å²) in [6.07, 6.45) is 4.47. The lowest BCUT2D eigenvalue weighted by molar-refractivity contribution is -0.142. The molecule has 364 valence electrons. The zero-order valence-electron chi connectivity index (χ0n) is 36.7. The molecule has 4 aromatic rings. The van der Waals surface area contributed by atoms with Crippen LogP contribution in [0.2, 0.25) is 0 Å². The van der Waals surface area contributed by atoms with Crippen LogP contribution in [0, 0.1) is 0 Å². The number of carbonyl (C=O) groups excluding carboxylic acids is 3. The number of sulfonamides is 1. The Morgan fingerprint density at radius 2 is 1.28 bits per heavy atom. The molecule has 5 rings (SSSR count). The number of rotatable bonds is 22. The Kier molecular flexibility index (Phi) is 20.1. The number of nitrogens with zero attached hydrogens (tertiary/aromatic N) is 7. The first-order chi connectivity index (χ1) is 31.9. The first kappa shape index (κ1) is 52.6. The van der Waals surface area contributed by atoms with E-state index in [0.29, 0.717) is 54.1 Å². The van der Waals surface area contributed by atoms with E-state index in [-0.39, 0.29) is 101 Å². The van der Waals surface area contributed by atoms with Gasteiger partial charge in [0.05, 0.1) is 38.1 Å². The molecule has 2 aromatic heterocycles. The molecule has 0 saturated carbocycles. The lowest BCUT2D eigenvalue weighted by atomic mass is 10.1. The van der Waals surface area contributed by atoms with E-state index < -0.39 is 39.9 Å². The van der Waals surface area contributed by atoms with Crippen molar-refractivity contribution in [2.75, 3.05) is 90.4 Å². The number of nitrogens with one attached hydrogen (secondary N) is 3. The number of amides is 3. The second kappa shape index (κ2) is 25.6. The molecule has 1 saturated heterocycles. The minimum absolute atomic E-state index is 0.0848. The van der Waals surface area contributed by atoms with Gasteiger partial charge in [0.25, 0.3) is 10.0 Å². The van der Waals surface area contributed by atoms with Gasteiger partial charge in [-0.3, -0.25) is 43.6 Å². The van der Waals surface area contributed by atoms with E-state index in [1.807, 2.05) is 29.2 Å². The highest BCUT2D eigenvalue weighted by molar-refractivity contribution is 9.10. The summed E-state index contributed by atoms with van der Waals surface area (Å²) in [4.78, 5) is 86.4. The molecule has 22 nitrogen and oxygen atoms in total. The molecule has 2 aromatic carbocycles. The summed E-state index contributed by atoms with van der Waals surface area (Å²) < 4.78 is 25.3. The number of primary sulfonamides is 1. The first-order valence-electron chi connectivity index (χ1n) is 21.6. The maximum Gasteiger partial charge on any atom is 0.326 e. The number of nitrogens with two attached hydrogens (primary N) is 1. The van der Waals surface area contributed by atoms with Crippen LogP contribution < -0.4 is 21.1 Å². The smallest absolute Gasteiger partial charge is 0.326 e. The Hall–Kier alpha value is -5.41. The van der Waals surface area contributed by atoms with Gasteiger partial charge in [-0.15, -0.1) is 5.10 Å². The second-order valence-electron chi connectivity index (χ2n) is 16.1. The van der Waals surface area contributed by atoms with E-state index in [1.54, 1.807) is 45.2 Å². The highest BCUT2D eigenvalue weighted by atomic mass is 79.9. The van der Waals surface area contributed by atoms with Gasteiger partial charge in [0.2, 0.25) is 27.0 Å². The molecule has 25 heteroatoms. The quantitative estimate of drug-likeness (QED) is 0.0542. The summed E-state index contributed by atoms with van der Waals surface area (Å²) in [5, 5.41) is 46.7. The fourth-order valence-electron chi connectivity index (χ4n) is 7.25. The second-order valence-corrected chi connectivity index (χ2v) is 19.7. The van der Waals surface area contributed by atoms with Crippen LogP contribution in [0.5, 0.6) is 0 Å². The minimum atomic E-state index is -3.97. The number of benzene rings is 2. The molecule has 1 fully saturated rings. The molecular weight excluding hydrogens is 979 g/mol. The van der Waals surface area contributed by atoms with Crippen molar-refractivity contribution in [1.29, 1.82) is 0 Å². The van der Waals surface area contributed by atoms with Gasteiger partial charge < -0.3 is 31.3 Å². The third kappa shape index (κ3) is 18.3. The average molecular weight is 1040 g/mol. The van der Waals surface area contributed by atoms with Crippen molar-refractivity contribution in [2.24, 2.45) is 5.14 Å². The molecule has 0 spiro atoms. The highest BCUT2D eigenvalue weighted by Gasteiger charge is 2.24. The lowest BCUT2D eigenvalue weighted by Gasteiger charge is -2.33. The van der Waals surface area contributed by atoms with Gasteiger partial charge in [-0.1, -0.05) is 51.5 Å². The van der Waals surface area contributed by atoms with Gasteiger partial charge in [-0.25, -0.2) is 27.9 Å². The standard InChI is InChI=1S/C42H56BrN11O11S2/c43-31-11-7-29(8-12-31)4-3-6-35(55)45-15-2-1-5-33(40(62)63)47-37(57)26-51-18-22-52(27-38(58)59)20-16-50(17-21-53(23-19-51)28-39(60)61)25-36(56)46-32-13-9-30(10-14-32)34-24-54-41(48-34)66-42(49-54)67(44,64)65/h7-14,24,33H,1-6,15-23,25-28H2,(H,45,55)(H,46,56)(H,47,57)(H,58,59)(H,60,61)(H,62,63)(H2,44,64,65)/t33-/m0/s1. The van der Waals surface area contributed by atoms with Gasteiger partial charge in [0, 0.05) is 81.0 Å². The lowest BCUT2D eigenvalue weighted by Crippen LogP contribution is -2.51. The van der Waals surface area contributed by atoms with Crippen molar-refractivity contribution in [3.8, 4) is 11.3 Å². The number of hydrogen-bond donors (Lipinski definition) is 7. The SMILES string of the molecule is NS(=O)(=O)c1nn2cc(-c3ccc(NC(=O)CN4CCN(CC(=O)O)CCN(CC(=O)N[C@@H](CCCCNC(=O)CCCc5ccc(Br)cc5)C(=O)O)CCN(CC(=O)O)CC4)cc3)nc2s1. The number of anilines is 1. The Bertz CT molecular complexity index is 2370. The molecule has 8 N–H and O–H groups in total. The molecule has 0 unspecified atom stereocenters. The Morgan fingerprint density at radius 1 is 0.731 bits per heavy atom. The van der Waals surface area contributed by atoms with Crippen LogP contribution in [0.25, 0.3) is 16.2 Å². The average Bonchev–Trinajstić information content (AvgIpc) is 3.86. The third-order valence-electron chi connectivity index (χ3n) is 10.8. The zero-order valence-corrected chi connectivity index (χ0v) is 39.9. The topological polar surface area (TPSA) is 303 Å². The van der Waals surface area contributed by atoms with Crippen LogP contribution in [0.3, 0.4) is 0 Å². The van der Waals surface area contributed by atoms with E-state index in [4.69, 9.17) is 5.14 Å². The molecule has 0 radical (unpaired) electrons. The third-order valence-corrected chi connectivity index (χ3v) is 13.5. The fraction of sp³-hybridized carbons (Fsp3) is 0.476. The van der Waals surface area contributed by atoms with Crippen molar-refractivity contribution in [2.45, 2.75) is 48.9 Å². The molecular formula is C42H56BrN11O11S2. The van der Waals surface area contributed by atoms with Crippen molar-refractivity contribution in [3.05, 3.63) is 64.8 Å². The Labute approximate surface area is 399 Å². The van der Waals surface area contributed by atoms with Crippen LogP contribution in [0.4, 0.5) is 5.69 Å². The highest BCUT2D eigenvalue weighted by Crippen LogP contribution is 2.25. The van der Waals surface area contributed by atoms with E-state index >= 15 is 0 Å². The monoisotopic (exact) mass is 1030 g/mol. The molecule has 3 amide bonds. The molecule has 1 atom stereocenters. The molecule has 0 aliphatic carbocycles. The van der Waals surface area contributed by atoms with E-state index in [0.717, 1.165) is 27.8 Å². The molecule has 1 aliphatic heterocycles. The van der Waals surface area contributed by atoms with Crippen LogP contribution in [-0.4, -0.2) is 185 Å². The van der Waals surface area contributed by atoms with Crippen molar-refractivity contribution < 1.29 is 52.5 Å². The van der Waals surface area contributed by atoms with E-state index in [1.165, 1.54) is 4.52 Å². The minimum Gasteiger partial charge on any atom is -0.480 e. The maximum absolute atomic E-state index is 13.3. The Morgan fingerprint density at radius 3 is 1.81 bits per heavy atom. The fourth-order valence-corrected chi connectivity index (χ4v) is 9.02. The van der Waals surface area contributed by atoms with Crippen LogP contribution in [0.15, 0.2) is 63.5 Å². The number of carboxylic acids is 3. The number of halogens is 1. The number of unbranched alkanes of at least 4 members (excludes halogenated alkanes) is 1. The summed E-state index contributed by atoms with van der Waals surface area (Å²) >= 11 is 4.24. The zero-order chi connectivity index (χ0) is 48.5. The van der Waals surface area contributed by atoms with E-state index in [2.05, 4.69) is 42.0 Å². The van der Waals surface area contributed by atoms with Crippen LogP contribution in [0.1, 0.15) is 37.7 Å². The normalized spacial score (nSPS) is 15.6. The maximum atomic E-state index is 13.3. The number of hydrogen-bond acceptors (Lipinski definition) is 15. The molecule has 1 aliphatic rings. The number of fused-ring (bicyclic) bond motifs is 1. The van der Waals surface area contributed by atoms with Crippen molar-refractivity contribution in [3.63, 3.8) is 0 Å². The number of imidazole rings is 1. The number of aliphatic carboxylic acids is 3. The van der Waals surface area contributed by atoms with Gasteiger partial charge in [0.1, 0.15) is 6.04 Å². The van der Waals surface area contributed by atoms with Gasteiger partial charge in [-0.05, 0) is 61.9 Å². The molecule has 0 bridgehead atoms. The summed E-state index contributed by atoms with van der Waals surface area (Å²) in [5.41, 5.74) is 2.82. The number of aryl methyl sites for hydroxylation is 1. The first-order valence-corrected chi connectivity index (χ1v) is 24.7. The van der Waals surface area contributed by atoms with Gasteiger partial charge in [0.15, 0.2) is 0 Å². The summed E-state index contributed by atoms with van der Waals surface area (Å²) in [7, 11) is -3.97. The molecule has 67 heavy (non-hydrogen) atoms. The van der Waals surface area contributed by atoms with Gasteiger partial charge in [-0.2, -0.15) is 0 Å².